The van der Waals surface area contributed by atoms with Gasteiger partial charge in [-0.25, -0.2) is 0 Å². The maximum Gasteiger partial charge on any atom is 0.224 e. The molecule has 0 aromatic rings. The molecular weight excluding hydrogens is 266 g/mol. The van der Waals surface area contributed by atoms with Gasteiger partial charge in [-0.1, -0.05) is 0 Å². The van der Waals surface area contributed by atoms with Crippen molar-refractivity contribution in [2.75, 3.05) is 32.7 Å². The topological polar surface area (TPSA) is 61.4 Å². The van der Waals surface area contributed by atoms with Gasteiger partial charge >= 0.3 is 0 Å². The first-order valence-corrected chi connectivity index (χ1v) is 8.47. The number of hydrogen-bond donors (Lipinski definition) is 2. The first-order chi connectivity index (χ1) is 10.2. The summed E-state index contributed by atoms with van der Waals surface area (Å²) in [4.78, 5) is 26.2. The number of nitrogens with zero attached hydrogens (tertiary/aromatic N) is 1. The van der Waals surface area contributed by atoms with E-state index in [1.165, 1.54) is 6.42 Å². The van der Waals surface area contributed by atoms with Crippen molar-refractivity contribution >= 4 is 11.8 Å². The third-order valence-electron chi connectivity index (χ3n) is 5.45. The van der Waals surface area contributed by atoms with E-state index in [1.807, 2.05) is 4.90 Å². The average molecular weight is 293 g/mol. The van der Waals surface area contributed by atoms with Gasteiger partial charge in [-0.2, -0.15) is 0 Å². The summed E-state index contributed by atoms with van der Waals surface area (Å²) in [5.41, 5.74) is 0.284. The zero-order chi connectivity index (χ0) is 14.7. The smallest absolute Gasteiger partial charge is 0.224 e. The zero-order valence-corrected chi connectivity index (χ0v) is 12.8. The molecule has 1 aliphatic carbocycles. The molecule has 21 heavy (non-hydrogen) atoms. The molecule has 1 saturated carbocycles. The third-order valence-corrected chi connectivity index (χ3v) is 5.45. The van der Waals surface area contributed by atoms with Crippen molar-refractivity contribution in [2.45, 2.75) is 44.9 Å². The summed E-state index contributed by atoms with van der Waals surface area (Å²) in [6.45, 7) is 4.37. The molecule has 1 atom stereocenters. The van der Waals surface area contributed by atoms with Crippen LogP contribution >= 0.6 is 0 Å². The van der Waals surface area contributed by atoms with Crippen LogP contribution < -0.4 is 10.6 Å². The van der Waals surface area contributed by atoms with Crippen LogP contribution in [0.1, 0.15) is 44.9 Å². The maximum absolute atomic E-state index is 12.2. The number of carbonyl (C=O) groups excluding carboxylic acids is 2. The van der Waals surface area contributed by atoms with Crippen molar-refractivity contribution < 1.29 is 9.59 Å². The number of likely N-dealkylation sites (tertiary alicyclic amines) is 1. The first-order valence-electron chi connectivity index (χ1n) is 8.47. The molecule has 2 aliphatic heterocycles. The highest BCUT2D eigenvalue weighted by atomic mass is 16.2. The molecule has 5 nitrogen and oxygen atoms in total. The highest BCUT2D eigenvalue weighted by molar-refractivity contribution is 5.83. The van der Waals surface area contributed by atoms with Crippen molar-refractivity contribution in [1.82, 2.24) is 15.5 Å². The summed E-state index contributed by atoms with van der Waals surface area (Å²) >= 11 is 0. The van der Waals surface area contributed by atoms with Crippen LogP contribution in [0.2, 0.25) is 0 Å². The van der Waals surface area contributed by atoms with Gasteiger partial charge in [0.05, 0.1) is 0 Å². The summed E-state index contributed by atoms with van der Waals surface area (Å²) in [6, 6.07) is 0. The fourth-order valence-corrected chi connectivity index (χ4v) is 3.91. The summed E-state index contributed by atoms with van der Waals surface area (Å²) in [7, 11) is 0. The molecule has 0 bridgehead atoms. The molecule has 1 unspecified atom stereocenters. The monoisotopic (exact) mass is 293 g/mol. The summed E-state index contributed by atoms with van der Waals surface area (Å²) in [5.74, 6) is 0.565. The van der Waals surface area contributed by atoms with Gasteiger partial charge in [-0.15, -0.1) is 0 Å². The highest BCUT2D eigenvalue weighted by Gasteiger charge is 2.57. The van der Waals surface area contributed by atoms with Crippen molar-refractivity contribution in [3.8, 4) is 0 Å². The fraction of sp³-hybridized carbons (Fsp3) is 0.875. The molecule has 1 spiro atoms. The van der Waals surface area contributed by atoms with Gasteiger partial charge in [-0.3, -0.25) is 9.59 Å². The first kappa shape index (κ1) is 14.8. The lowest BCUT2D eigenvalue weighted by atomic mass is 9.92. The Balaban J connectivity index is 1.36. The van der Waals surface area contributed by atoms with Crippen LogP contribution in [0.25, 0.3) is 0 Å². The highest BCUT2D eigenvalue weighted by Crippen LogP contribution is 2.58. The number of carbonyl (C=O) groups is 2. The Hall–Kier alpha value is -1.10. The van der Waals surface area contributed by atoms with E-state index in [-0.39, 0.29) is 23.1 Å². The number of rotatable bonds is 4. The van der Waals surface area contributed by atoms with E-state index in [0.29, 0.717) is 13.0 Å². The quantitative estimate of drug-likeness (QED) is 0.809. The second-order valence-corrected chi connectivity index (χ2v) is 6.85. The number of piperidine rings is 2. The van der Waals surface area contributed by atoms with Crippen LogP contribution in [0.5, 0.6) is 0 Å². The van der Waals surface area contributed by atoms with Gasteiger partial charge in [0.2, 0.25) is 11.8 Å². The Kier molecular flexibility index (Phi) is 4.48. The largest absolute Gasteiger partial charge is 0.355 e. The van der Waals surface area contributed by atoms with E-state index >= 15 is 0 Å². The van der Waals surface area contributed by atoms with E-state index in [4.69, 9.17) is 0 Å². The van der Waals surface area contributed by atoms with Crippen LogP contribution in [-0.2, 0) is 9.59 Å². The van der Waals surface area contributed by atoms with Crippen LogP contribution in [0.3, 0.4) is 0 Å². The molecule has 2 saturated heterocycles. The summed E-state index contributed by atoms with van der Waals surface area (Å²) in [5, 5.41) is 6.33. The lowest BCUT2D eigenvalue weighted by molar-refractivity contribution is -0.132. The van der Waals surface area contributed by atoms with E-state index in [0.717, 1.165) is 58.3 Å². The molecule has 0 aromatic carbocycles. The van der Waals surface area contributed by atoms with Crippen molar-refractivity contribution in [1.29, 1.82) is 0 Å². The molecule has 3 rings (SSSR count). The predicted molar refractivity (Wildman–Crippen MR) is 80.7 cm³/mol. The Morgan fingerprint density at radius 1 is 1.14 bits per heavy atom. The van der Waals surface area contributed by atoms with Crippen molar-refractivity contribution in [3.63, 3.8) is 0 Å². The lowest BCUT2D eigenvalue weighted by Crippen LogP contribution is -2.38. The lowest BCUT2D eigenvalue weighted by Gasteiger charge is -2.26. The van der Waals surface area contributed by atoms with Gasteiger partial charge in [-0.05, 0) is 57.0 Å². The number of amides is 2. The minimum absolute atomic E-state index is 0.170. The Labute approximate surface area is 126 Å². The minimum Gasteiger partial charge on any atom is -0.355 e. The standard InChI is InChI=1S/C16H27N3O2/c20-14(19-10-2-1-3-11-19)4-7-18-15(21)13-12-16(13)5-8-17-9-6-16/h13,17H,1-12H2,(H,18,21). The van der Waals surface area contributed by atoms with Crippen LogP contribution in [0.4, 0.5) is 0 Å². The molecule has 3 fully saturated rings. The fourth-order valence-electron chi connectivity index (χ4n) is 3.91. The van der Waals surface area contributed by atoms with Gasteiger partial charge in [0.25, 0.3) is 0 Å². The molecule has 3 aliphatic rings. The maximum atomic E-state index is 12.2. The Morgan fingerprint density at radius 2 is 1.86 bits per heavy atom. The Bertz CT molecular complexity index is 398. The van der Waals surface area contributed by atoms with Gasteiger partial charge in [0.15, 0.2) is 0 Å². The summed E-state index contributed by atoms with van der Waals surface area (Å²) < 4.78 is 0. The van der Waals surface area contributed by atoms with Gasteiger partial charge < -0.3 is 15.5 Å². The second kappa shape index (κ2) is 6.34. The average Bonchev–Trinajstić information content (AvgIpc) is 3.22. The van der Waals surface area contributed by atoms with Crippen LogP contribution in [0, 0.1) is 11.3 Å². The molecule has 118 valence electrons. The normalized spacial score (nSPS) is 27.4. The molecule has 2 amide bonds. The van der Waals surface area contributed by atoms with E-state index < -0.39 is 0 Å². The number of hydrogen-bond acceptors (Lipinski definition) is 3. The molecule has 2 heterocycles. The molecule has 0 radical (unpaired) electrons. The van der Waals surface area contributed by atoms with Crippen molar-refractivity contribution in [2.24, 2.45) is 11.3 Å². The van der Waals surface area contributed by atoms with Gasteiger partial charge in [0, 0.05) is 32.0 Å². The molecule has 0 aromatic heterocycles. The van der Waals surface area contributed by atoms with Crippen molar-refractivity contribution in [3.05, 3.63) is 0 Å². The SMILES string of the molecule is O=C(NCCC(=O)N1CCCCC1)C1CC12CCNCC2. The molecule has 5 heteroatoms. The minimum atomic E-state index is 0.170. The van der Waals surface area contributed by atoms with Crippen LogP contribution in [0.15, 0.2) is 0 Å². The second-order valence-electron chi connectivity index (χ2n) is 6.85. The third kappa shape index (κ3) is 3.39. The summed E-state index contributed by atoms with van der Waals surface area (Å²) in [6.07, 6.45) is 7.22. The zero-order valence-electron chi connectivity index (χ0n) is 12.8. The van der Waals surface area contributed by atoms with E-state index in [9.17, 15) is 9.59 Å². The van der Waals surface area contributed by atoms with Crippen LogP contribution in [-0.4, -0.2) is 49.4 Å². The molecule has 2 N–H and O–H groups in total. The Morgan fingerprint density at radius 3 is 2.57 bits per heavy atom. The van der Waals surface area contributed by atoms with E-state index in [2.05, 4.69) is 10.6 Å². The predicted octanol–water partition coefficient (Wildman–Crippen LogP) is 0.895. The number of nitrogens with one attached hydrogen (secondary N) is 2. The molecular formula is C16H27N3O2. The van der Waals surface area contributed by atoms with E-state index in [1.54, 1.807) is 0 Å². The van der Waals surface area contributed by atoms with Gasteiger partial charge in [0.1, 0.15) is 0 Å².